The highest BCUT2D eigenvalue weighted by molar-refractivity contribution is 5.51. The molecule has 0 heterocycles. The van der Waals surface area contributed by atoms with Crippen molar-refractivity contribution in [3.63, 3.8) is 0 Å². The van der Waals surface area contributed by atoms with Gasteiger partial charge < -0.3 is 4.79 Å². The SMILES string of the molecule is C/C=C/C(C)(C)CC=O. The molecule has 0 aromatic carbocycles. The second-order valence-electron chi connectivity index (χ2n) is 2.86. The minimum absolute atomic E-state index is 0.0521. The fourth-order valence-electron chi connectivity index (χ4n) is 0.734. The molecule has 0 N–H and O–H groups in total. The van der Waals surface area contributed by atoms with Crippen molar-refractivity contribution in [2.45, 2.75) is 27.2 Å². The van der Waals surface area contributed by atoms with Crippen LogP contribution in [0.1, 0.15) is 27.2 Å². The zero-order chi connectivity index (χ0) is 7.33. The summed E-state index contributed by atoms with van der Waals surface area (Å²) in [6.07, 6.45) is 5.59. The van der Waals surface area contributed by atoms with Crippen LogP contribution in [-0.4, -0.2) is 6.29 Å². The second kappa shape index (κ2) is 3.44. The van der Waals surface area contributed by atoms with Crippen molar-refractivity contribution >= 4 is 6.29 Å². The Bertz CT molecular complexity index is 112. The molecule has 0 saturated carbocycles. The lowest BCUT2D eigenvalue weighted by atomic mass is 9.90. The highest BCUT2D eigenvalue weighted by Gasteiger charge is 2.10. The Kier molecular flexibility index (Phi) is 3.21. The van der Waals surface area contributed by atoms with Gasteiger partial charge in [0.1, 0.15) is 6.29 Å². The van der Waals surface area contributed by atoms with Gasteiger partial charge in [-0.05, 0) is 12.3 Å². The largest absolute Gasteiger partial charge is 0.303 e. The molecule has 0 radical (unpaired) electrons. The van der Waals surface area contributed by atoms with Crippen molar-refractivity contribution in [1.82, 2.24) is 0 Å². The van der Waals surface area contributed by atoms with Crippen LogP contribution >= 0.6 is 0 Å². The average Bonchev–Trinajstić information content (AvgIpc) is 1.64. The zero-order valence-electron chi connectivity index (χ0n) is 6.35. The molecule has 9 heavy (non-hydrogen) atoms. The molecule has 0 atom stereocenters. The first-order valence-corrected chi connectivity index (χ1v) is 3.20. The molecule has 52 valence electrons. The van der Waals surface area contributed by atoms with Gasteiger partial charge in [-0.1, -0.05) is 26.0 Å². The van der Waals surface area contributed by atoms with Crippen molar-refractivity contribution in [1.29, 1.82) is 0 Å². The van der Waals surface area contributed by atoms with E-state index in [1.165, 1.54) is 0 Å². The van der Waals surface area contributed by atoms with E-state index in [4.69, 9.17) is 0 Å². The van der Waals surface area contributed by atoms with Crippen LogP contribution in [-0.2, 0) is 4.79 Å². The molecule has 0 amide bonds. The third kappa shape index (κ3) is 3.95. The van der Waals surface area contributed by atoms with Crippen LogP contribution in [0.4, 0.5) is 0 Å². The van der Waals surface area contributed by atoms with Gasteiger partial charge in [0, 0.05) is 6.42 Å². The normalized spacial score (nSPS) is 12.3. The van der Waals surface area contributed by atoms with Gasteiger partial charge in [0.05, 0.1) is 0 Å². The quantitative estimate of drug-likeness (QED) is 0.418. The minimum atomic E-state index is 0.0521. The van der Waals surface area contributed by atoms with E-state index in [-0.39, 0.29) is 5.41 Å². The summed E-state index contributed by atoms with van der Waals surface area (Å²) in [5, 5.41) is 0. The Morgan fingerprint density at radius 1 is 1.44 bits per heavy atom. The van der Waals surface area contributed by atoms with E-state index in [1.807, 2.05) is 32.9 Å². The van der Waals surface area contributed by atoms with E-state index < -0.39 is 0 Å². The van der Waals surface area contributed by atoms with Crippen LogP contribution < -0.4 is 0 Å². The highest BCUT2D eigenvalue weighted by Crippen LogP contribution is 2.19. The Balaban J connectivity index is 3.84. The smallest absolute Gasteiger partial charge is 0.120 e. The first-order chi connectivity index (χ1) is 4.12. The molecule has 0 bridgehead atoms. The summed E-state index contributed by atoms with van der Waals surface area (Å²) in [6.45, 7) is 6.05. The molecule has 0 saturated heterocycles. The molecule has 0 unspecified atom stereocenters. The molecule has 0 aliphatic heterocycles. The Morgan fingerprint density at radius 2 is 2.00 bits per heavy atom. The van der Waals surface area contributed by atoms with Crippen LogP contribution in [0.25, 0.3) is 0 Å². The van der Waals surface area contributed by atoms with E-state index in [0.717, 1.165) is 6.29 Å². The fraction of sp³-hybridized carbons (Fsp3) is 0.625. The van der Waals surface area contributed by atoms with E-state index in [0.29, 0.717) is 6.42 Å². The molecule has 1 nitrogen and oxygen atoms in total. The number of hydrogen-bond acceptors (Lipinski definition) is 1. The molecule has 0 aromatic heterocycles. The summed E-state index contributed by atoms with van der Waals surface area (Å²) in [4.78, 5) is 10.1. The van der Waals surface area contributed by atoms with Crippen molar-refractivity contribution in [3.05, 3.63) is 12.2 Å². The summed E-state index contributed by atoms with van der Waals surface area (Å²) in [6, 6.07) is 0. The lowest BCUT2D eigenvalue weighted by Crippen LogP contribution is -2.06. The van der Waals surface area contributed by atoms with E-state index >= 15 is 0 Å². The standard InChI is InChI=1S/C8H14O/c1-4-5-8(2,3)6-7-9/h4-5,7H,6H2,1-3H3/b5-4+. The number of rotatable bonds is 3. The predicted molar refractivity (Wildman–Crippen MR) is 39.3 cm³/mol. The van der Waals surface area contributed by atoms with Gasteiger partial charge in [-0.15, -0.1) is 0 Å². The molecule has 0 rings (SSSR count). The molecule has 0 spiro atoms. The molecule has 0 aliphatic rings. The van der Waals surface area contributed by atoms with Gasteiger partial charge in [0.15, 0.2) is 0 Å². The lowest BCUT2D eigenvalue weighted by molar-refractivity contribution is -0.109. The van der Waals surface area contributed by atoms with Gasteiger partial charge in [-0.3, -0.25) is 0 Å². The number of carbonyl (C=O) groups is 1. The van der Waals surface area contributed by atoms with Gasteiger partial charge in [0.25, 0.3) is 0 Å². The van der Waals surface area contributed by atoms with Crippen LogP contribution in [0.15, 0.2) is 12.2 Å². The maximum Gasteiger partial charge on any atom is 0.120 e. The van der Waals surface area contributed by atoms with E-state index in [2.05, 4.69) is 0 Å². The Hall–Kier alpha value is -0.590. The fourth-order valence-corrected chi connectivity index (χ4v) is 0.734. The first kappa shape index (κ1) is 8.41. The van der Waals surface area contributed by atoms with Gasteiger partial charge in [-0.25, -0.2) is 0 Å². The van der Waals surface area contributed by atoms with Gasteiger partial charge in [0.2, 0.25) is 0 Å². The maximum atomic E-state index is 10.1. The summed E-state index contributed by atoms with van der Waals surface area (Å²) < 4.78 is 0. The average molecular weight is 126 g/mol. The van der Waals surface area contributed by atoms with Crippen LogP contribution in [0.3, 0.4) is 0 Å². The third-order valence-corrected chi connectivity index (χ3v) is 1.23. The molecule has 0 aliphatic carbocycles. The van der Waals surface area contributed by atoms with E-state index in [1.54, 1.807) is 0 Å². The minimum Gasteiger partial charge on any atom is -0.303 e. The lowest BCUT2D eigenvalue weighted by Gasteiger charge is -2.14. The molecular formula is C8H14O. The van der Waals surface area contributed by atoms with E-state index in [9.17, 15) is 4.79 Å². The second-order valence-corrected chi connectivity index (χ2v) is 2.86. The van der Waals surface area contributed by atoms with Crippen LogP contribution in [0, 0.1) is 5.41 Å². The van der Waals surface area contributed by atoms with Gasteiger partial charge >= 0.3 is 0 Å². The van der Waals surface area contributed by atoms with Crippen LogP contribution in [0.5, 0.6) is 0 Å². The Morgan fingerprint density at radius 3 is 2.33 bits per heavy atom. The molecule has 1 heteroatoms. The number of hydrogen-bond donors (Lipinski definition) is 0. The molecule has 0 fully saturated rings. The van der Waals surface area contributed by atoms with Gasteiger partial charge in [-0.2, -0.15) is 0 Å². The molecular weight excluding hydrogens is 112 g/mol. The van der Waals surface area contributed by atoms with Crippen molar-refractivity contribution in [3.8, 4) is 0 Å². The maximum absolute atomic E-state index is 10.1. The number of allylic oxidation sites excluding steroid dienone is 2. The summed E-state index contributed by atoms with van der Waals surface area (Å²) >= 11 is 0. The van der Waals surface area contributed by atoms with Crippen molar-refractivity contribution in [2.24, 2.45) is 5.41 Å². The predicted octanol–water partition coefficient (Wildman–Crippen LogP) is 2.18. The number of carbonyl (C=O) groups excluding carboxylic acids is 1. The molecule has 0 aromatic rings. The van der Waals surface area contributed by atoms with Crippen molar-refractivity contribution in [2.75, 3.05) is 0 Å². The number of aldehydes is 1. The third-order valence-electron chi connectivity index (χ3n) is 1.23. The highest BCUT2D eigenvalue weighted by atomic mass is 16.1. The zero-order valence-corrected chi connectivity index (χ0v) is 6.35. The summed E-state index contributed by atoms with van der Waals surface area (Å²) in [5.41, 5.74) is 0.0521. The monoisotopic (exact) mass is 126 g/mol. The first-order valence-electron chi connectivity index (χ1n) is 3.20. The van der Waals surface area contributed by atoms with Crippen LogP contribution in [0.2, 0.25) is 0 Å². The summed E-state index contributed by atoms with van der Waals surface area (Å²) in [5.74, 6) is 0. The van der Waals surface area contributed by atoms with Crippen molar-refractivity contribution < 1.29 is 4.79 Å². The topological polar surface area (TPSA) is 17.1 Å². The Labute approximate surface area is 56.8 Å². The summed E-state index contributed by atoms with van der Waals surface area (Å²) in [7, 11) is 0.